The van der Waals surface area contributed by atoms with Crippen molar-refractivity contribution in [3.05, 3.63) is 86.9 Å². The van der Waals surface area contributed by atoms with Crippen LogP contribution in [0.15, 0.2) is 64.6 Å². The van der Waals surface area contributed by atoms with Gasteiger partial charge in [-0.1, -0.05) is 45.8 Å². The van der Waals surface area contributed by atoms with Crippen LogP contribution in [0, 0.1) is 18.3 Å². The van der Waals surface area contributed by atoms with Gasteiger partial charge in [-0.15, -0.1) is 0 Å². The van der Waals surface area contributed by atoms with Crippen molar-refractivity contribution in [1.29, 1.82) is 5.26 Å². The van der Waals surface area contributed by atoms with E-state index in [1.807, 2.05) is 37.3 Å². The van der Waals surface area contributed by atoms with E-state index in [2.05, 4.69) is 21.2 Å². The minimum atomic E-state index is -0.513. The Morgan fingerprint density at radius 3 is 2.33 bits per heavy atom. The first-order chi connectivity index (χ1) is 17.4. The molecule has 0 unspecified atom stereocenters. The van der Waals surface area contributed by atoms with Gasteiger partial charge in [0, 0.05) is 22.6 Å². The Morgan fingerprint density at radius 1 is 0.972 bits per heavy atom. The molecule has 0 spiro atoms. The molecule has 3 aromatic carbocycles. The average molecular weight is 551 g/mol. The lowest BCUT2D eigenvalue weighted by Crippen LogP contribution is -2.24. The summed E-state index contributed by atoms with van der Waals surface area (Å²) in [5.74, 6) is 1.73. The molecule has 1 N–H and O–H groups in total. The monoisotopic (exact) mass is 550 g/mol. The lowest BCUT2D eigenvalue weighted by Gasteiger charge is -2.13. The smallest absolute Gasteiger partial charge is 0.262 e. The fourth-order valence-corrected chi connectivity index (χ4v) is 3.79. The normalized spacial score (nSPS) is 10.8. The minimum absolute atomic E-state index is 0.0569. The lowest BCUT2D eigenvalue weighted by atomic mass is 10.1. The van der Waals surface area contributed by atoms with Crippen molar-refractivity contribution in [2.24, 2.45) is 0 Å². The van der Waals surface area contributed by atoms with E-state index in [1.165, 1.54) is 18.7 Å². The van der Waals surface area contributed by atoms with Crippen molar-refractivity contribution >= 4 is 27.9 Å². The van der Waals surface area contributed by atoms with Crippen LogP contribution in [0.25, 0.3) is 6.08 Å². The van der Waals surface area contributed by atoms with Crippen LogP contribution < -0.4 is 24.3 Å². The number of nitriles is 1. The molecule has 0 saturated heterocycles. The SMILES string of the molecule is COc1ccc(CNC(=O)/C(C#N)=C/c2cc(OC)c(OCc3ccc(C)cc3)cc2Br)c(OC)c1. The highest BCUT2D eigenvalue weighted by atomic mass is 79.9. The largest absolute Gasteiger partial charge is 0.497 e. The summed E-state index contributed by atoms with van der Waals surface area (Å²) in [5.41, 5.74) is 3.50. The Labute approximate surface area is 219 Å². The lowest BCUT2D eigenvalue weighted by molar-refractivity contribution is -0.117. The Bertz CT molecular complexity index is 1300. The Morgan fingerprint density at radius 2 is 1.69 bits per heavy atom. The number of methoxy groups -OCH3 is 3. The maximum Gasteiger partial charge on any atom is 0.262 e. The van der Waals surface area contributed by atoms with Gasteiger partial charge < -0.3 is 24.3 Å². The Balaban J connectivity index is 1.75. The molecule has 3 aromatic rings. The molecule has 0 radical (unpaired) electrons. The van der Waals surface area contributed by atoms with Gasteiger partial charge in [0.15, 0.2) is 11.5 Å². The van der Waals surface area contributed by atoms with Gasteiger partial charge in [0.25, 0.3) is 5.91 Å². The fourth-order valence-electron chi connectivity index (χ4n) is 3.35. The Hall–Kier alpha value is -3.96. The molecule has 0 atom stereocenters. The van der Waals surface area contributed by atoms with Crippen LogP contribution in [0.3, 0.4) is 0 Å². The average Bonchev–Trinajstić information content (AvgIpc) is 2.90. The quantitative estimate of drug-likeness (QED) is 0.261. The number of benzene rings is 3. The maximum atomic E-state index is 12.8. The highest BCUT2D eigenvalue weighted by Crippen LogP contribution is 2.35. The van der Waals surface area contributed by atoms with E-state index in [-0.39, 0.29) is 12.1 Å². The molecule has 0 aliphatic carbocycles. The van der Waals surface area contributed by atoms with E-state index < -0.39 is 5.91 Å². The van der Waals surface area contributed by atoms with E-state index in [9.17, 15) is 10.1 Å². The molecular weight excluding hydrogens is 524 g/mol. The van der Waals surface area contributed by atoms with E-state index in [0.717, 1.165) is 11.1 Å². The van der Waals surface area contributed by atoms with Gasteiger partial charge in [0.2, 0.25) is 0 Å². The third-order valence-corrected chi connectivity index (χ3v) is 6.08. The highest BCUT2D eigenvalue weighted by Gasteiger charge is 2.15. The molecule has 0 fully saturated rings. The second-order valence-electron chi connectivity index (χ2n) is 7.83. The van der Waals surface area contributed by atoms with Gasteiger partial charge in [-0.2, -0.15) is 5.26 Å². The zero-order valence-corrected chi connectivity index (χ0v) is 22.1. The summed E-state index contributed by atoms with van der Waals surface area (Å²) >= 11 is 3.51. The summed E-state index contributed by atoms with van der Waals surface area (Å²) in [4.78, 5) is 12.8. The number of nitrogens with zero attached hydrogens (tertiary/aromatic N) is 1. The summed E-state index contributed by atoms with van der Waals surface area (Å²) in [6.45, 7) is 2.59. The number of rotatable bonds is 10. The first-order valence-electron chi connectivity index (χ1n) is 11.0. The van der Waals surface area contributed by atoms with Crippen molar-refractivity contribution < 1.29 is 23.7 Å². The van der Waals surface area contributed by atoms with Gasteiger partial charge in [-0.05, 0) is 48.4 Å². The third-order valence-electron chi connectivity index (χ3n) is 5.40. The number of nitrogens with one attached hydrogen (secondary N) is 1. The first kappa shape index (κ1) is 26.6. The molecule has 1 amide bonds. The standard InChI is InChI=1S/C28H27BrN2O5/c1-18-5-7-19(8-6-18)17-36-27-14-24(29)21(12-26(27)35-4)11-22(15-30)28(32)31-16-20-9-10-23(33-2)13-25(20)34-3/h5-14H,16-17H2,1-4H3,(H,31,32)/b22-11+. The summed E-state index contributed by atoms with van der Waals surface area (Å²) < 4.78 is 22.7. The van der Waals surface area contributed by atoms with Crippen LogP contribution in [0.5, 0.6) is 23.0 Å². The van der Waals surface area contributed by atoms with Crippen molar-refractivity contribution in [2.75, 3.05) is 21.3 Å². The zero-order valence-electron chi connectivity index (χ0n) is 20.6. The molecule has 3 rings (SSSR count). The molecular formula is C28H27BrN2O5. The fraction of sp³-hybridized carbons (Fsp3) is 0.214. The van der Waals surface area contributed by atoms with Gasteiger partial charge in [0.1, 0.15) is 29.7 Å². The maximum absolute atomic E-state index is 12.8. The van der Waals surface area contributed by atoms with Crippen LogP contribution in [0.1, 0.15) is 22.3 Å². The molecule has 36 heavy (non-hydrogen) atoms. The first-order valence-corrected chi connectivity index (χ1v) is 11.8. The number of halogens is 1. The van der Waals surface area contributed by atoms with Crippen LogP contribution in [-0.2, 0) is 17.9 Å². The number of carbonyl (C=O) groups is 1. The second-order valence-corrected chi connectivity index (χ2v) is 8.68. The van der Waals surface area contributed by atoms with Crippen molar-refractivity contribution in [2.45, 2.75) is 20.1 Å². The summed E-state index contributed by atoms with van der Waals surface area (Å²) in [6.07, 6.45) is 1.50. The van der Waals surface area contributed by atoms with E-state index in [0.29, 0.717) is 39.6 Å². The molecule has 0 aliphatic rings. The van der Waals surface area contributed by atoms with Gasteiger partial charge in [0.05, 0.1) is 21.3 Å². The molecule has 0 saturated carbocycles. The predicted octanol–water partition coefficient (Wildman–Crippen LogP) is 5.59. The topological polar surface area (TPSA) is 89.8 Å². The number of amides is 1. The highest BCUT2D eigenvalue weighted by molar-refractivity contribution is 9.10. The number of carbonyl (C=O) groups excluding carboxylic acids is 1. The number of hydrogen-bond acceptors (Lipinski definition) is 6. The summed E-state index contributed by atoms with van der Waals surface area (Å²) in [5, 5.41) is 12.4. The van der Waals surface area contributed by atoms with Crippen LogP contribution in [-0.4, -0.2) is 27.2 Å². The molecule has 186 valence electrons. The van der Waals surface area contributed by atoms with Gasteiger partial charge in [-0.25, -0.2) is 0 Å². The summed E-state index contributed by atoms with van der Waals surface area (Å²) in [7, 11) is 4.64. The van der Waals surface area contributed by atoms with E-state index in [1.54, 1.807) is 44.6 Å². The van der Waals surface area contributed by atoms with Gasteiger partial charge >= 0.3 is 0 Å². The zero-order chi connectivity index (χ0) is 26.1. The number of ether oxygens (including phenoxy) is 4. The van der Waals surface area contributed by atoms with Gasteiger partial charge in [-0.3, -0.25) is 4.79 Å². The second kappa shape index (κ2) is 12.7. The van der Waals surface area contributed by atoms with Crippen LogP contribution >= 0.6 is 15.9 Å². The van der Waals surface area contributed by atoms with Crippen molar-refractivity contribution in [3.8, 4) is 29.1 Å². The molecule has 0 heterocycles. The molecule has 0 aromatic heterocycles. The molecule has 0 bridgehead atoms. The van der Waals surface area contributed by atoms with Crippen molar-refractivity contribution in [1.82, 2.24) is 5.32 Å². The minimum Gasteiger partial charge on any atom is -0.497 e. The molecule has 0 aliphatic heterocycles. The predicted molar refractivity (Wildman–Crippen MR) is 141 cm³/mol. The van der Waals surface area contributed by atoms with Crippen molar-refractivity contribution in [3.63, 3.8) is 0 Å². The van der Waals surface area contributed by atoms with Crippen LogP contribution in [0.2, 0.25) is 0 Å². The third kappa shape index (κ3) is 6.80. The van der Waals surface area contributed by atoms with Crippen LogP contribution in [0.4, 0.5) is 0 Å². The number of aryl methyl sites for hydroxylation is 1. The van der Waals surface area contributed by atoms with E-state index >= 15 is 0 Å². The number of hydrogen-bond donors (Lipinski definition) is 1. The molecule has 8 heteroatoms. The van der Waals surface area contributed by atoms with E-state index in [4.69, 9.17) is 18.9 Å². The Kier molecular flexibility index (Phi) is 9.37. The molecule has 7 nitrogen and oxygen atoms in total. The summed E-state index contributed by atoms with van der Waals surface area (Å²) in [6, 6.07) is 18.8.